The molecule has 0 aromatic heterocycles. The van der Waals surface area contributed by atoms with Gasteiger partial charge in [-0.1, -0.05) is 20.4 Å². The number of carbonyl (C=O) groups is 1. The van der Waals surface area contributed by atoms with Gasteiger partial charge < -0.3 is 4.65 Å². The van der Waals surface area contributed by atoms with Crippen molar-refractivity contribution < 1.29 is 19.1 Å². The predicted octanol–water partition coefficient (Wildman–Crippen LogP) is 2.55. The van der Waals surface area contributed by atoms with Crippen molar-refractivity contribution in [1.29, 1.82) is 0 Å². The van der Waals surface area contributed by atoms with Crippen LogP contribution in [-0.2, 0) is 19.1 Å². The van der Waals surface area contributed by atoms with Crippen LogP contribution in [0.2, 0.25) is 5.31 Å². The van der Waals surface area contributed by atoms with Gasteiger partial charge in [-0.05, 0) is 32.8 Å². The van der Waals surface area contributed by atoms with E-state index in [0.717, 1.165) is 6.42 Å². The van der Waals surface area contributed by atoms with Gasteiger partial charge in [0.1, 0.15) is 6.10 Å². The van der Waals surface area contributed by atoms with Crippen LogP contribution in [-0.4, -0.2) is 25.1 Å². The van der Waals surface area contributed by atoms with E-state index < -0.39 is 13.2 Å². The fourth-order valence-corrected chi connectivity index (χ4v) is 1.95. The lowest BCUT2D eigenvalue weighted by Crippen LogP contribution is -2.45. The second-order valence-electron chi connectivity index (χ2n) is 5.45. The van der Waals surface area contributed by atoms with Gasteiger partial charge in [0.25, 0.3) is 0 Å². The number of Topliss-reactive ketones (excluding diaryl/α,β-unsaturated/α-hetero) is 1. The summed E-state index contributed by atoms with van der Waals surface area (Å²) in [5, 5.41) is -0.179. The minimum atomic E-state index is -0.561. The molecule has 0 bridgehead atoms. The van der Waals surface area contributed by atoms with Crippen molar-refractivity contribution in [2.45, 2.75) is 58.6 Å². The van der Waals surface area contributed by atoms with E-state index in [0.29, 0.717) is 5.57 Å². The largest absolute Gasteiger partial charge is 0.496 e. The Labute approximate surface area is 103 Å². The highest BCUT2D eigenvalue weighted by Crippen LogP contribution is 2.40. The standard InChI is InChI=1S/C12H21BO4/c1-8(2)11(14)10(4)15-13-12(5,6)7-9(3)16-17-13/h9-10H,1,7H2,2-6H3. The average molecular weight is 240 g/mol. The Balaban J connectivity index is 2.62. The minimum absolute atomic E-state index is 0.0389. The lowest BCUT2D eigenvalue weighted by molar-refractivity contribution is -0.279. The van der Waals surface area contributed by atoms with Gasteiger partial charge >= 0.3 is 7.12 Å². The van der Waals surface area contributed by atoms with E-state index in [2.05, 4.69) is 6.58 Å². The van der Waals surface area contributed by atoms with E-state index in [-0.39, 0.29) is 17.2 Å². The third-order valence-corrected chi connectivity index (χ3v) is 2.88. The lowest BCUT2D eigenvalue weighted by Gasteiger charge is -2.37. The summed E-state index contributed by atoms with van der Waals surface area (Å²) >= 11 is 0. The van der Waals surface area contributed by atoms with Crippen LogP contribution in [0.1, 0.15) is 41.0 Å². The third-order valence-electron chi connectivity index (χ3n) is 2.88. The normalized spacial score (nSPS) is 25.5. The molecular formula is C12H21BO4. The monoisotopic (exact) mass is 240 g/mol. The Morgan fingerprint density at radius 1 is 1.59 bits per heavy atom. The number of rotatable bonds is 4. The van der Waals surface area contributed by atoms with Crippen LogP contribution in [0.3, 0.4) is 0 Å². The minimum Gasteiger partial charge on any atom is -0.399 e. The van der Waals surface area contributed by atoms with E-state index >= 15 is 0 Å². The van der Waals surface area contributed by atoms with Gasteiger partial charge in [0.2, 0.25) is 0 Å². The molecular weight excluding hydrogens is 219 g/mol. The highest BCUT2D eigenvalue weighted by atomic mass is 17.2. The van der Waals surface area contributed by atoms with Crippen molar-refractivity contribution in [2.24, 2.45) is 0 Å². The van der Waals surface area contributed by atoms with Crippen LogP contribution in [0.4, 0.5) is 0 Å². The van der Waals surface area contributed by atoms with Crippen molar-refractivity contribution in [3.8, 4) is 0 Å². The molecule has 0 spiro atoms. The molecule has 1 rings (SSSR count). The summed E-state index contributed by atoms with van der Waals surface area (Å²) in [7, 11) is -0.531. The quantitative estimate of drug-likeness (QED) is 0.430. The molecule has 1 fully saturated rings. The first-order valence-corrected chi connectivity index (χ1v) is 5.91. The van der Waals surface area contributed by atoms with E-state index in [1.807, 2.05) is 20.8 Å². The van der Waals surface area contributed by atoms with Gasteiger partial charge in [0.15, 0.2) is 5.78 Å². The summed E-state index contributed by atoms with van der Waals surface area (Å²) in [6.45, 7) is 13.0. The van der Waals surface area contributed by atoms with Crippen LogP contribution < -0.4 is 0 Å². The molecule has 1 aliphatic heterocycles. The molecule has 1 heterocycles. The van der Waals surface area contributed by atoms with Gasteiger partial charge in [-0.15, -0.1) is 0 Å². The molecule has 0 aromatic rings. The van der Waals surface area contributed by atoms with Crippen molar-refractivity contribution in [3.63, 3.8) is 0 Å². The van der Waals surface area contributed by atoms with Crippen molar-refractivity contribution >= 4 is 12.9 Å². The number of hydrogen-bond acceptors (Lipinski definition) is 4. The third kappa shape index (κ3) is 3.66. The highest BCUT2D eigenvalue weighted by Gasteiger charge is 2.46. The first kappa shape index (κ1) is 14.4. The lowest BCUT2D eigenvalue weighted by atomic mass is 9.57. The fraction of sp³-hybridized carbons (Fsp3) is 0.750. The topological polar surface area (TPSA) is 44.8 Å². The van der Waals surface area contributed by atoms with Crippen LogP contribution in [0.15, 0.2) is 12.2 Å². The first-order chi connectivity index (χ1) is 7.74. The SMILES string of the molecule is C=C(C)C(=O)C(C)OB1OOC(C)CC1(C)C. The fourth-order valence-electron chi connectivity index (χ4n) is 1.95. The molecule has 17 heavy (non-hydrogen) atoms. The molecule has 2 atom stereocenters. The van der Waals surface area contributed by atoms with Crippen molar-refractivity contribution in [3.05, 3.63) is 12.2 Å². The maximum absolute atomic E-state index is 11.7. The molecule has 2 unspecified atom stereocenters. The summed E-state index contributed by atoms with van der Waals surface area (Å²) in [5.74, 6) is -0.108. The Hall–Kier alpha value is -0.645. The van der Waals surface area contributed by atoms with Crippen LogP contribution in [0, 0.1) is 0 Å². The number of carbonyl (C=O) groups excluding carboxylic acids is 1. The van der Waals surface area contributed by atoms with Gasteiger partial charge in [0, 0.05) is 5.31 Å². The molecule has 0 N–H and O–H groups in total. The van der Waals surface area contributed by atoms with Gasteiger partial charge in [0.05, 0.1) is 6.10 Å². The number of ketones is 1. The van der Waals surface area contributed by atoms with Gasteiger partial charge in [-0.3, -0.25) is 9.60 Å². The Bertz CT molecular complexity index is 314. The second-order valence-corrected chi connectivity index (χ2v) is 5.45. The van der Waals surface area contributed by atoms with E-state index in [4.69, 9.17) is 14.3 Å². The molecule has 5 heteroatoms. The predicted molar refractivity (Wildman–Crippen MR) is 66.4 cm³/mol. The highest BCUT2D eigenvalue weighted by molar-refractivity contribution is 6.48. The van der Waals surface area contributed by atoms with Gasteiger partial charge in [-0.2, -0.15) is 0 Å². The maximum Gasteiger partial charge on any atom is 0.496 e. The van der Waals surface area contributed by atoms with E-state index in [1.165, 1.54) is 0 Å². The summed E-state index contributed by atoms with van der Waals surface area (Å²) in [6.07, 6.45) is 0.303. The summed E-state index contributed by atoms with van der Waals surface area (Å²) in [6, 6.07) is 0. The Kier molecular flexibility index (Phi) is 4.52. The van der Waals surface area contributed by atoms with E-state index in [9.17, 15) is 4.79 Å². The number of hydrogen-bond donors (Lipinski definition) is 0. The zero-order chi connectivity index (χ0) is 13.2. The van der Waals surface area contributed by atoms with Crippen LogP contribution in [0.5, 0.6) is 0 Å². The molecule has 0 aromatic carbocycles. The zero-order valence-electron chi connectivity index (χ0n) is 11.3. The van der Waals surface area contributed by atoms with Gasteiger partial charge in [-0.25, -0.2) is 4.89 Å². The zero-order valence-corrected chi connectivity index (χ0v) is 11.3. The average Bonchev–Trinajstić information content (AvgIpc) is 2.19. The summed E-state index contributed by atoms with van der Waals surface area (Å²) in [4.78, 5) is 22.0. The van der Waals surface area contributed by atoms with Crippen molar-refractivity contribution in [2.75, 3.05) is 0 Å². The molecule has 0 amide bonds. The molecule has 1 aliphatic rings. The summed E-state index contributed by atoms with van der Waals surface area (Å²) in [5.41, 5.74) is 0.486. The summed E-state index contributed by atoms with van der Waals surface area (Å²) < 4.78 is 5.62. The van der Waals surface area contributed by atoms with E-state index in [1.54, 1.807) is 13.8 Å². The molecule has 0 saturated carbocycles. The second kappa shape index (κ2) is 5.33. The maximum atomic E-state index is 11.7. The molecule has 4 nitrogen and oxygen atoms in total. The molecule has 0 aliphatic carbocycles. The Morgan fingerprint density at radius 2 is 2.18 bits per heavy atom. The Morgan fingerprint density at radius 3 is 2.65 bits per heavy atom. The van der Waals surface area contributed by atoms with Crippen LogP contribution >= 0.6 is 0 Å². The van der Waals surface area contributed by atoms with Crippen molar-refractivity contribution in [1.82, 2.24) is 0 Å². The first-order valence-electron chi connectivity index (χ1n) is 5.91. The van der Waals surface area contributed by atoms with Crippen LogP contribution in [0.25, 0.3) is 0 Å². The molecule has 1 saturated heterocycles. The molecule has 96 valence electrons. The smallest absolute Gasteiger partial charge is 0.399 e. The molecule has 0 radical (unpaired) electrons.